The standard InChI is InChI=1S/C20H22ClFN2O3/c1-3-23-20(26)14(2)24(12-15-7-6-8-16(21)11-15)19(25)13-27-18-10-5-4-9-17(18)22/h4-11,14H,3,12-13H2,1-2H3,(H,23,26)/t14-/m1/s1. The number of amides is 2. The highest BCUT2D eigenvalue weighted by Crippen LogP contribution is 2.17. The predicted molar refractivity (Wildman–Crippen MR) is 102 cm³/mol. The number of carbonyl (C=O) groups is 2. The van der Waals surface area contributed by atoms with Crippen molar-refractivity contribution in [3.8, 4) is 5.75 Å². The molecule has 0 aliphatic carbocycles. The Morgan fingerprint density at radius 3 is 2.63 bits per heavy atom. The van der Waals surface area contributed by atoms with Gasteiger partial charge in [-0.05, 0) is 43.7 Å². The SMILES string of the molecule is CCNC(=O)[C@@H](C)N(Cc1cccc(Cl)c1)C(=O)COc1ccccc1F. The van der Waals surface area contributed by atoms with Crippen molar-refractivity contribution >= 4 is 23.4 Å². The van der Waals surface area contributed by atoms with Crippen LogP contribution in [0.4, 0.5) is 4.39 Å². The average Bonchev–Trinajstić information content (AvgIpc) is 2.65. The van der Waals surface area contributed by atoms with Crippen molar-refractivity contribution < 1.29 is 18.7 Å². The third-order valence-electron chi connectivity index (χ3n) is 3.95. The van der Waals surface area contributed by atoms with Crippen LogP contribution in [0.5, 0.6) is 5.75 Å². The average molecular weight is 393 g/mol. The van der Waals surface area contributed by atoms with Crippen LogP contribution in [0.1, 0.15) is 19.4 Å². The zero-order chi connectivity index (χ0) is 19.8. The Kier molecular flexibility index (Phi) is 7.61. The summed E-state index contributed by atoms with van der Waals surface area (Å²) in [4.78, 5) is 26.4. The van der Waals surface area contributed by atoms with Crippen molar-refractivity contribution in [2.45, 2.75) is 26.4 Å². The van der Waals surface area contributed by atoms with Gasteiger partial charge >= 0.3 is 0 Å². The largest absolute Gasteiger partial charge is 0.481 e. The quantitative estimate of drug-likeness (QED) is 0.749. The van der Waals surface area contributed by atoms with Crippen LogP contribution in [0.25, 0.3) is 0 Å². The molecule has 0 radical (unpaired) electrons. The van der Waals surface area contributed by atoms with E-state index in [0.29, 0.717) is 11.6 Å². The minimum absolute atomic E-state index is 0.0146. The van der Waals surface area contributed by atoms with Gasteiger partial charge < -0.3 is 15.0 Å². The molecule has 1 N–H and O–H groups in total. The van der Waals surface area contributed by atoms with Gasteiger partial charge in [-0.15, -0.1) is 0 Å². The van der Waals surface area contributed by atoms with E-state index in [1.54, 1.807) is 38.1 Å². The molecular weight excluding hydrogens is 371 g/mol. The second-order valence-electron chi connectivity index (χ2n) is 5.94. The van der Waals surface area contributed by atoms with Crippen LogP contribution < -0.4 is 10.1 Å². The molecule has 0 fully saturated rings. The van der Waals surface area contributed by atoms with Crippen molar-refractivity contribution in [3.05, 3.63) is 64.9 Å². The summed E-state index contributed by atoms with van der Waals surface area (Å²) in [5.41, 5.74) is 0.776. The van der Waals surface area contributed by atoms with Crippen molar-refractivity contribution in [3.63, 3.8) is 0 Å². The van der Waals surface area contributed by atoms with E-state index < -0.39 is 17.8 Å². The van der Waals surface area contributed by atoms with Crippen LogP contribution in [-0.4, -0.2) is 35.9 Å². The normalized spacial score (nSPS) is 11.6. The lowest BCUT2D eigenvalue weighted by molar-refractivity contribution is -0.142. The van der Waals surface area contributed by atoms with E-state index in [0.717, 1.165) is 5.56 Å². The minimum Gasteiger partial charge on any atom is -0.481 e. The molecule has 2 aromatic rings. The van der Waals surface area contributed by atoms with Crippen LogP contribution >= 0.6 is 11.6 Å². The summed E-state index contributed by atoms with van der Waals surface area (Å²) in [7, 11) is 0. The zero-order valence-electron chi connectivity index (χ0n) is 15.2. The molecule has 0 unspecified atom stereocenters. The molecule has 0 saturated carbocycles. The first kappa shape index (κ1) is 20.7. The maximum Gasteiger partial charge on any atom is 0.261 e. The molecule has 2 amide bonds. The molecule has 2 aromatic carbocycles. The summed E-state index contributed by atoms with van der Waals surface area (Å²) in [6.07, 6.45) is 0. The fourth-order valence-corrected chi connectivity index (χ4v) is 2.73. The molecule has 0 aliphatic heterocycles. The first-order valence-electron chi connectivity index (χ1n) is 8.61. The van der Waals surface area contributed by atoms with Gasteiger partial charge in [0.2, 0.25) is 5.91 Å². The monoisotopic (exact) mass is 392 g/mol. The first-order valence-corrected chi connectivity index (χ1v) is 8.99. The lowest BCUT2D eigenvalue weighted by atomic mass is 10.1. The Morgan fingerprint density at radius 1 is 1.22 bits per heavy atom. The molecule has 0 spiro atoms. The maximum absolute atomic E-state index is 13.7. The van der Waals surface area contributed by atoms with Crippen LogP contribution in [0, 0.1) is 5.82 Å². The van der Waals surface area contributed by atoms with E-state index in [-0.39, 0.29) is 24.8 Å². The van der Waals surface area contributed by atoms with Gasteiger partial charge in [-0.25, -0.2) is 4.39 Å². The summed E-state index contributed by atoms with van der Waals surface area (Å²) in [5, 5.41) is 3.24. The first-order chi connectivity index (χ1) is 12.9. The van der Waals surface area contributed by atoms with Gasteiger partial charge in [0.1, 0.15) is 6.04 Å². The Morgan fingerprint density at radius 2 is 1.96 bits per heavy atom. The molecule has 27 heavy (non-hydrogen) atoms. The van der Waals surface area contributed by atoms with Crippen molar-refractivity contribution in [2.75, 3.05) is 13.2 Å². The molecule has 5 nitrogen and oxygen atoms in total. The van der Waals surface area contributed by atoms with Crippen LogP contribution in [0.3, 0.4) is 0 Å². The Labute approximate surface area is 163 Å². The van der Waals surface area contributed by atoms with E-state index in [1.165, 1.54) is 23.1 Å². The maximum atomic E-state index is 13.7. The van der Waals surface area contributed by atoms with Gasteiger partial charge in [0.15, 0.2) is 18.2 Å². The number of hydrogen-bond acceptors (Lipinski definition) is 3. The second kappa shape index (κ2) is 9.92. The number of hydrogen-bond donors (Lipinski definition) is 1. The van der Waals surface area contributed by atoms with Gasteiger partial charge in [-0.3, -0.25) is 9.59 Å². The molecule has 144 valence electrons. The number of rotatable bonds is 8. The summed E-state index contributed by atoms with van der Waals surface area (Å²) in [5.74, 6) is -1.28. The number of benzene rings is 2. The molecule has 2 rings (SSSR count). The smallest absolute Gasteiger partial charge is 0.261 e. The van der Waals surface area contributed by atoms with E-state index in [2.05, 4.69) is 5.32 Å². The number of ether oxygens (including phenoxy) is 1. The minimum atomic E-state index is -0.722. The van der Waals surface area contributed by atoms with Crippen LogP contribution in [-0.2, 0) is 16.1 Å². The Hall–Kier alpha value is -2.60. The van der Waals surface area contributed by atoms with E-state index in [9.17, 15) is 14.0 Å². The molecule has 0 heterocycles. The number of likely N-dealkylation sites (N-methyl/N-ethyl adjacent to an activating group) is 1. The van der Waals surface area contributed by atoms with Crippen LogP contribution in [0.2, 0.25) is 5.02 Å². The Balaban J connectivity index is 2.15. The number of para-hydroxylation sites is 1. The van der Waals surface area contributed by atoms with Gasteiger partial charge in [0.25, 0.3) is 5.91 Å². The zero-order valence-corrected chi connectivity index (χ0v) is 16.0. The lowest BCUT2D eigenvalue weighted by Crippen LogP contribution is -2.49. The van der Waals surface area contributed by atoms with Gasteiger partial charge in [-0.2, -0.15) is 0 Å². The van der Waals surface area contributed by atoms with Crippen LogP contribution in [0.15, 0.2) is 48.5 Å². The lowest BCUT2D eigenvalue weighted by Gasteiger charge is -2.28. The van der Waals surface area contributed by atoms with Crippen molar-refractivity contribution in [2.24, 2.45) is 0 Å². The number of carbonyl (C=O) groups excluding carboxylic acids is 2. The van der Waals surface area contributed by atoms with E-state index in [4.69, 9.17) is 16.3 Å². The Bertz CT molecular complexity index is 800. The highest BCUT2D eigenvalue weighted by atomic mass is 35.5. The second-order valence-corrected chi connectivity index (χ2v) is 6.38. The molecule has 0 bridgehead atoms. The summed E-state index contributed by atoms with van der Waals surface area (Å²) >= 11 is 6.01. The summed E-state index contributed by atoms with van der Waals surface area (Å²) in [6, 6.07) is 12.2. The third kappa shape index (κ3) is 5.96. The van der Waals surface area contributed by atoms with Gasteiger partial charge in [0.05, 0.1) is 0 Å². The van der Waals surface area contributed by atoms with Crippen molar-refractivity contribution in [1.82, 2.24) is 10.2 Å². The predicted octanol–water partition coefficient (Wildman–Crippen LogP) is 3.41. The number of nitrogens with zero attached hydrogens (tertiary/aromatic N) is 1. The van der Waals surface area contributed by atoms with E-state index >= 15 is 0 Å². The summed E-state index contributed by atoms with van der Waals surface area (Å²) in [6.45, 7) is 3.68. The summed E-state index contributed by atoms with van der Waals surface area (Å²) < 4.78 is 19.0. The molecule has 7 heteroatoms. The topological polar surface area (TPSA) is 58.6 Å². The number of nitrogens with one attached hydrogen (secondary N) is 1. The van der Waals surface area contributed by atoms with Gasteiger partial charge in [-0.1, -0.05) is 35.9 Å². The highest BCUT2D eigenvalue weighted by molar-refractivity contribution is 6.30. The highest BCUT2D eigenvalue weighted by Gasteiger charge is 2.26. The fourth-order valence-electron chi connectivity index (χ4n) is 2.52. The molecule has 0 saturated heterocycles. The molecular formula is C20H22ClFN2O3. The molecule has 1 atom stereocenters. The third-order valence-corrected chi connectivity index (χ3v) is 4.18. The fraction of sp³-hybridized carbons (Fsp3) is 0.300. The molecule has 0 aromatic heterocycles. The molecule has 0 aliphatic rings. The number of halogens is 2. The van der Waals surface area contributed by atoms with E-state index in [1.807, 2.05) is 6.07 Å². The van der Waals surface area contributed by atoms with Crippen molar-refractivity contribution in [1.29, 1.82) is 0 Å². The van der Waals surface area contributed by atoms with Gasteiger partial charge in [0, 0.05) is 18.1 Å².